The molecule has 0 bridgehead atoms. The zero-order valence-electron chi connectivity index (χ0n) is 10.8. The molecule has 0 saturated carbocycles. The number of halogens is 1. The molecule has 102 valence electrons. The van der Waals surface area contributed by atoms with Gasteiger partial charge in [-0.3, -0.25) is 4.90 Å². The maximum Gasteiger partial charge on any atom is 0.0931 e. The Morgan fingerprint density at radius 3 is 3.00 bits per heavy atom. The van der Waals surface area contributed by atoms with E-state index < -0.39 is 0 Å². The molecule has 5 heteroatoms. The Morgan fingerprint density at radius 1 is 1.61 bits per heavy atom. The van der Waals surface area contributed by atoms with Crippen molar-refractivity contribution < 1.29 is 4.74 Å². The van der Waals surface area contributed by atoms with E-state index >= 15 is 0 Å². The molecular formula is C13H21ClN2OS. The average Bonchev–Trinajstić information content (AvgIpc) is 2.78. The summed E-state index contributed by atoms with van der Waals surface area (Å²) >= 11 is 7.62. The van der Waals surface area contributed by atoms with Crippen molar-refractivity contribution in [1.29, 1.82) is 0 Å². The first kappa shape index (κ1) is 14.3. The smallest absolute Gasteiger partial charge is 0.0931 e. The number of hydrogen-bond acceptors (Lipinski definition) is 4. The molecule has 2 rings (SSSR count). The van der Waals surface area contributed by atoms with Gasteiger partial charge >= 0.3 is 0 Å². The molecule has 18 heavy (non-hydrogen) atoms. The quantitative estimate of drug-likeness (QED) is 0.905. The van der Waals surface area contributed by atoms with Gasteiger partial charge in [0, 0.05) is 24.6 Å². The van der Waals surface area contributed by atoms with Crippen molar-refractivity contribution in [2.75, 3.05) is 33.4 Å². The summed E-state index contributed by atoms with van der Waals surface area (Å²) in [5, 5.41) is 0. The predicted molar refractivity (Wildman–Crippen MR) is 77.3 cm³/mol. The number of nitrogens with two attached hydrogens (primary N) is 1. The number of ether oxygens (including phenoxy) is 1. The van der Waals surface area contributed by atoms with Crippen LogP contribution in [-0.4, -0.2) is 38.3 Å². The molecule has 1 aliphatic heterocycles. The van der Waals surface area contributed by atoms with Gasteiger partial charge in [0.05, 0.1) is 17.0 Å². The molecule has 1 aromatic rings. The number of thiophene rings is 1. The van der Waals surface area contributed by atoms with Crippen LogP contribution in [0.3, 0.4) is 0 Å². The first-order chi connectivity index (χ1) is 8.70. The standard InChI is InChI=1S/C13H21ClN2OS/c1-16(8-10-3-2-6-17-9-10)11(7-15)12-4-5-13(14)18-12/h4-5,10-11H,2-3,6-9,15H2,1H3. The lowest BCUT2D eigenvalue weighted by molar-refractivity contribution is 0.0367. The Labute approximate surface area is 118 Å². The summed E-state index contributed by atoms with van der Waals surface area (Å²) in [7, 11) is 2.14. The van der Waals surface area contributed by atoms with Crippen LogP contribution in [0.25, 0.3) is 0 Å². The Bertz CT molecular complexity index is 366. The third-order valence-corrected chi connectivity index (χ3v) is 4.81. The fourth-order valence-corrected chi connectivity index (χ4v) is 3.75. The van der Waals surface area contributed by atoms with Crippen molar-refractivity contribution >= 4 is 22.9 Å². The molecule has 2 N–H and O–H groups in total. The van der Waals surface area contributed by atoms with Crippen molar-refractivity contribution in [1.82, 2.24) is 4.90 Å². The minimum absolute atomic E-state index is 0.268. The molecule has 0 aromatic carbocycles. The third kappa shape index (κ3) is 3.68. The molecule has 0 amide bonds. The SMILES string of the molecule is CN(CC1CCCOC1)C(CN)c1ccc(Cl)s1. The molecule has 0 radical (unpaired) electrons. The van der Waals surface area contributed by atoms with Gasteiger partial charge in [-0.25, -0.2) is 0 Å². The van der Waals surface area contributed by atoms with E-state index in [0.29, 0.717) is 12.5 Å². The van der Waals surface area contributed by atoms with E-state index in [9.17, 15) is 0 Å². The first-order valence-corrected chi connectivity index (χ1v) is 7.63. The Hall–Kier alpha value is -0.130. The molecule has 2 atom stereocenters. The van der Waals surface area contributed by atoms with Crippen LogP contribution >= 0.6 is 22.9 Å². The predicted octanol–water partition coefficient (Wildman–Crippen LogP) is 2.76. The highest BCUT2D eigenvalue weighted by atomic mass is 35.5. The van der Waals surface area contributed by atoms with Crippen molar-refractivity contribution in [2.24, 2.45) is 11.7 Å². The van der Waals surface area contributed by atoms with Crippen molar-refractivity contribution in [3.8, 4) is 0 Å². The summed E-state index contributed by atoms with van der Waals surface area (Å²) in [6, 6.07) is 4.30. The maximum atomic E-state index is 6.00. The van der Waals surface area contributed by atoms with E-state index in [1.165, 1.54) is 17.7 Å². The number of nitrogens with zero attached hydrogens (tertiary/aromatic N) is 1. The van der Waals surface area contributed by atoms with Gasteiger partial charge in [0.1, 0.15) is 0 Å². The lowest BCUT2D eigenvalue weighted by atomic mass is 10.0. The van der Waals surface area contributed by atoms with Crippen LogP contribution in [0.4, 0.5) is 0 Å². The van der Waals surface area contributed by atoms with E-state index in [-0.39, 0.29) is 6.04 Å². The molecule has 1 fully saturated rings. The highest BCUT2D eigenvalue weighted by molar-refractivity contribution is 7.16. The van der Waals surface area contributed by atoms with Crippen molar-refractivity contribution in [2.45, 2.75) is 18.9 Å². The van der Waals surface area contributed by atoms with Crippen molar-refractivity contribution in [3.05, 3.63) is 21.3 Å². The lowest BCUT2D eigenvalue weighted by Crippen LogP contribution is -2.36. The molecule has 1 aliphatic rings. The Kier molecular flexibility index (Phi) is 5.45. The largest absolute Gasteiger partial charge is 0.381 e. The molecule has 2 unspecified atom stereocenters. The molecule has 1 saturated heterocycles. The highest BCUT2D eigenvalue weighted by Crippen LogP contribution is 2.30. The van der Waals surface area contributed by atoms with Gasteiger partial charge in [0.15, 0.2) is 0 Å². The zero-order chi connectivity index (χ0) is 13.0. The minimum atomic E-state index is 0.268. The van der Waals surface area contributed by atoms with E-state index in [1.807, 2.05) is 6.07 Å². The second-order valence-corrected chi connectivity index (χ2v) is 6.66. The van der Waals surface area contributed by atoms with Crippen LogP contribution < -0.4 is 5.73 Å². The summed E-state index contributed by atoms with van der Waals surface area (Å²) in [6.45, 7) is 3.46. The molecule has 3 nitrogen and oxygen atoms in total. The average molecular weight is 289 g/mol. The van der Waals surface area contributed by atoms with Crippen LogP contribution in [0, 0.1) is 5.92 Å². The van der Waals surface area contributed by atoms with Crippen LogP contribution in [0.15, 0.2) is 12.1 Å². The van der Waals surface area contributed by atoms with E-state index in [1.54, 1.807) is 11.3 Å². The molecule has 2 heterocycles. The molecule has 0 spiro atoms. The third-order valence-electron chi connectivity index (χ3n) is 3.48. The summed E-state index contributed by atoms with van der Waals surface area (Å²) < 4.78 is 6.36. The molecule has 1 aromatic heterocycles. The monoisotopic (exact) mass is 288 g/mol. The van der Waals surface area contributed by atoms with Gasteiger partial charge in [-0.15, -0.1) is 11.3 Å². The van der Waals surface area contributed by atoms with Crippen LogP contribution in [-0.2, 0) is 4.74 Å². The normalized spacial score (nSPS) is 22.3. The van der Waals surface area contributed by atoms with Crippen LogP contribution in [0.2, 0.25) is 4.34 Å². The van der Waals surface area contributed by atoms with Gasteiger partial charge < -0.3 is 10.5 Å². The highest BCUT2D eigenvalue weighted by Gasteiger charge is 2.22. The van der Waals surface area contributed by atoms with Crippen molar-refractivity contribution in [3.63, 3.8) is 0 Å². The number of hydrogen-bond donors (Lipinski definition) is 1. The van der Waals surface area contributed by atoms with Crippen LogP contribution in [0.5, 0.6) is 0 Å². The fourth-order valence-electron chi connectivity index (χ4n) is 2.51. The van der Waals surface area contributed by atoms with E-state index in [2.05, 4.69) is 18.0 Å². The Balaban J connectivity index is 1.94. The topological polar surface area (TPSA) is 38.5 Å². The van der Waals surface area contributed by atoms with Gasteiger partial charge in [0.2, 0.25) is 0 Å². The maximum absolute atomic E-state index is 6.00. The Morgan fingerprint density at radius 2 is 2.44 bits per heavy atom. The van der Waals surface area contributed by atoms with Gasteiger partial charge in [0.25, 0.3) is 0 Å². The minimum Gasteiger partial charge on any atom is -0.381 e. The summed E-state index contributed by atoms with van der Waals surface area (Å²) in [6.07, 6.45) is 2.43. The molecular weight excluding hydrogens is 268 g/mol. The first-order valence-electron chi connectivity index (χ1n) is 6.44. The summed E-state index contributed by atoms with van der Waals surface area (Å²) in [4.78, 5) is 3.59. The van der Waals surface area contributed by atoms with Gasteiger partial charge in [-0.05, 0) is 37.9 Å². The van der Waals surface area contributed by atoms with Crippen LogP contribution in [0.1, 0.15) is 23.8 Å². The summed E-state index contributed by atoms with van der Waals surface area (Å²) in [5.74, 6) is 0.633. The van der Waals surface area contributed by atoms with Gasteiger partial charge in [-0.1, -0.05) is 11.6 Å². The second kappa shape index (κ2) is 6.87. The lowest BCUT2D eigenvalue weighted by Gasteiger charge is -2.31. The number of rotatable bonds is 5. The van der Waals surface area contributed by atoms with E-state index in [0.717, 1.165) is 24.1 Å². The number of likely N-dealkylation sites (N-methyl/N-ethyl adjacent to an activating group) is 1. The fraction of sp³-hybridized carbons (Fsp3) is 0.692. The van der Waals surface area contributed by atoms with Gasteiger partial charge in [-0.2, -0.15) is 0 Å². The van der Waals surface area contributed by atoms with E-state index in [4.69, 9.17) is 22.1 Å². The summed E-state index contributed by atoms with van der Waals surface area (Å²) in [5.41, 5.74) is 5.91. The second-order valence-electron chi connectivity index (χ2n) is 4.92. The molecule has 0 aliphatic carbocycles. The zero-order valence-corrected chi connectivity index (χ0v) is 12.3.